The quantitative estimate of drug-likeness (QED) is 0.847. The Kier molecular flexibility index (Phi) is 5.56. The van der Waals surface area contributed by atoms with Gasteiger partial charge in [-0.15, -0.1) is 0 Å². The van der Waals surface area contributed by atoms with Crippen molar-refractivity contribution < 1.29 is 9.18 Å². The first-order valence-electron chi connectivity index (χ1n) is 8.40. The van der Waals surface area contributed by atoms with E-state index in [9.17, 15) is 9.18 Å². The van der Waals surface area contributed by atoms with E-state index in [0.29, 0.717) is 5.16 Å². The summed E-state index contributed by atoms with van der Waals surface area (Å²) in [6, 6.07) is 6.27. The van der Waals surface area contributed by atoms with E-state index >= 15 is 0 Å². The topological polar surface area (TPSA) is 49.0 Å². The SMILES string of the molecule is C[C@H](Sc1ncc(-c2ccc(F)cc2)[nH]1)C(=O)N1CCCCCC1. The monoisotopic (exact) mass is 347 g/mol. The summed E-state index contributed by atoms with van der Waals surface area (Å²) in [6.07, 6.45) is 6.34. The lowest BCUT2D eigenvalue weighted by atomic mass is 10.2. The van der Waals surface area contributed by atoms with Gasteiger partial charge >= 0.3 is 0 Å². The Morgan fingerprint density at radius 1 is 1.21 bits per heavy atom. The second-order valence-corrected chi connectivity index (χ2v) is 7.44. The summed E-state index contributed by atoms with van der Waals surface area (Å²) in [7, 11) is 0. The molecule has 24 heavy (non-hydrogen) atoms. The molecule has 1 aromatic carbocycles. The van der Waals surface area contributed by atoms with Crippen LogP contribution in [0.25, 0.3) is 11.3 Å². The average molecular weight is 347 g/mol. The maximum Gasteiger partial charge on any atom is 0.235 e. The molecule has 4 nitrogen and oxygen atoms in total. The van der Waals surface area contributed by atoms with Crippen LogP contribution in [0.5, 0.6) is 0 Å². The highest BCUT2D eigenvalue weighted by Crippen LogP contribution is 2.26. The lowest BCUT2D eigenvalue weighted by Gasteiger charge is -2.23. The highest BCUT2D eigenvalue weighted by atomic mass is 32.2. The minimum Gasteiger partial charge on any atom is -0.342 e. The number of thioether (sulfide) groups is 1. The maximum atomic E-state index is 13.0. The molecule has 1 aliphatic heterocycles. The number of likely N-dealkylation sites (tertiary alicyclic amines) is 1. The molecular formula is C18H22FN3OS. The zero-order chi connectivity index (χ0) is 16.9. The highest BCUT2D eigenvalue weighted by molar-refractivity contribution is 8.00. The second-order valence-electron chi connectivity index (χ2n) is 6.11. The number of aromatic nitrogens is 2. The van der Waals surface area contributed by atoms with Crippen LogP contribution < -0.4 is 0 Å². The summed E-state index contributed by atoms with van der Waals surface area (Å²) in [6.45, 7) is 3.66. The number of carbonyl (C=O) groups is 1. The predicted molar refractivity (Wildman–Crippen MR) is 94.3 cm³/mol. The number of hydrogen-bond donors (Lipinski definition) is 1. The van der Waals surface area contributed by atoms with E-state index in [-0.39, 0.29) is 17.0 Å². The van der Waals surface area contributed by atoms with Crippen LogP contribution in [-0.2, 0) is 4.79 Å². The summed E-state index contributed by atoms with van der Waals surface area (Å²) < 4.78 is 13.0. The maximum absolute atomic E-state index is 13.0. The van der Waals surface area contributed by atoms with Crippen LogP contribution >= 0.6 is 11.8 Å². The van der Waals surface area contributed by atoms with Crippen molar-refractivity contribution in [3.05, 3.63) is 36.3 Å². The Balaban J connectivity index is 1.63. The number of imidazole rings is 1. The van der Waals surface area contributed by atoms with Crippen molar-refractivity contribution in [3.8, 4) is 11.3 Å². The van der Waals surface area contributed by atoms with Gasteiger partial charge in [0, 0.05) is 13.1 Å². The Labute approximate surface area is 145 Å². The summed E-state index contributed by atoms with van der Waals surface area (Å²) in [5.41, 5.74) is 1.70. The van der Waals surface area contributed by atoms with Crippen molar-refractivity contribution in [3.63, 3.8) is 0 Å². The minimum absolute atomic E-state index is 0.171. The van der Waals surface area contributed by atoms with Gasteiger partial charge in [-0.1, -0.05) is 24.6 Å². The van der Waals surface area contributed by atoms with Gasteiger partial charge in [0.15, 0.2) is 5.16 Å². The van der Waals surface area contributed by atoms with Crippen molar-refractivity contribution in [2.24, 2.45) is 0 Å². The molecule has 1 aromatic heterocycles. The van der Waals surface area contributed by atoms with E-state index in [1.165, 1.54) is 36.7 Å². The normalized spacial score (nSPS) is 16.7. The molecule has 0 saturated carbocycles. The third-order valence-electron chi connectivity index (χ3n) is 4.26. The number of H-pyrrole nitrogens is 1. The van der Waals surface area contributed by atoms with Gasteiger partial charge in [-0.05, 0) is 49.6 Å². The molecule has 3 rings (SSSR count). The van der Waals surface area contributed by atoms with Gasteiger partial charge in [-0.25, -0.2) is 9.37 Å². The Hall–Kier alpha value is -1.82. The first kappa shape index (κ1) is 17.0. The molecule has 0 bridgehead atoms. The van der Waals surface area contributed by atoms with Crippen LogP contribution in [0.3, 0.4) is 0 Å². The van der Waals surface area contributed by atoms with Crippen LogP contribution in [0.1, 0.15) is 32.6 Å². The minimum atomic E-state index is -0.260. The van der Waals surface area contributed by atoms with E-state index in [4.69, 9.17) is 0 Å². The van der Waals surface area contributed by atoms with E-state index < -0.39 is 0 Å². The van der Waals surface area contributed by atoms with Crippen molar-refractivity contribution in [2.75, 3.05) is 13.1 Å². The van der Waals surface area contributed by atoms with Crippen LogP contribution in [0.15, 0.2) is 35.6 Å². The molecule has 1 fully saturated rings. The van der Waals surface area contributed by atoms with Crippen LogP contribution in [0.2, 0.25) is 0 Å². The lowest BCUT2D eigenvalue weighted by Crippen LogP contribution is -2.37. The van der Waals surface area contributed by atoms with Gasteiger partial charge in [0.25, 0.3) is 0 Å². The number of benzene rings is 1. The van der Waals surface area contributed by atoms with Crippen molar-refractivity contribution in [1.29, 1.82) is 0 Å². The highest BCUT2D eigenvalue weighted by Gasteiger charge is 2.23. The summed E-state index contributed by atoms with van der Waals surface area (Å²) >= 11 is 1.44. The molecule has 1 saturated heterocycles. The molecule has 0 radical (unpaired) electrons. The van der Waals surface area contributed by atoms with Gasteiger partial charge in [0.05, 0.1) is 17.1 Å². The standard InChI is InChI=1S/C18H22FN3OS/c1-13(17(23)22-10-4-2-3-5-11-22)24-18-20-12-16(21-18)14-6-8-15(19)9-7-14/h6-9,12-13H,2-5,10-11H2,1H3,(H,20,21)/t13-/m0/s1. The molecule has 1 aliphatic rings. The fourth-order valence-electron chi connectivity index (χ4n) is 2.91. The fourth-order valence-corrected chi connectivity index (χ4v) is 3.77. The smallest absolute Gasteiger partial charge is 0.235 e. The molecule has 1 atom stereocenters. The third-order valence-corrected chi connectivity index (χ3v) is 5.25. The molecule has 6 heteroatoms. The van der Waals surface area contributed by atoms with Gasteiger partial charge in [-0.2, -0.15) is 0 Å². The molecule has 0 spiro atoms. The predicted octanol–water partition coefficient (Wildman–Crippen LogP) is 4.10. The van der Waals surface area contributed by atoms with Crippen molar-refractivity contribution in [2.45, 2.75) is 43.0 Å². The van der Waals surface area contributed by atoms with E-state index in [2.05, 4.69) is 9.97 Å². The molecule has 1 N–H and O–H groups in total. The number of amides is 1. The number of carbonyl (C=O) groups excluding carboxylic acids is 1. The summed E-state index contributed by atoms with van der Waals surface area (Å²) in [5.74, 6) is -0.0776. The van der Waals surface area contributed by atoms with Crippen molar-refractivity contribution >= 4 is 17.7 Å². The molecule has 2 aromatic rings. The average Bonchev–Trinajstić information content (AvgIpc) is 2.88. The first-order valence-corrected chi connectivity index (χ1v) is 9.28. The lowest BCUT2D eigenvalue weighted by molar-refractivity contribution is -0.130. The second kappa shape index (κ2) is 7.83. The van der Waals surface area contributed by atoms with Crippen molar-refractivity contribution in [1.82, 2.24) is 14.9 Å². The summed E-state index contributed by atoms with van der Waals surface area (Å²) in [4.78, 5) is 22.1. The molecular weight excluding hydrogens is 325 g/mol. The molecule has 1 amide bonds. The van der Waals surface area contributed by atoms with E-state index in [1.807, 2.05) is 11.8 Å². The number of nitrogens with one attached hydrogen (secondary N) is 1. The molecule has 0 unspecified atom stereocenters. The molecule has 0 aliphatic carbocycles. The zero-order valence-corrected chi connectivity index (χ0v) is 14.6. The first-order chi connectivity index (χ1) is 11.6. The number of nitrogens with zero attached hydrogens (tertiary/aromatic N) is 2. The third kappa shape index (κ3) is 4.17. The van der Waals surface area contributed by atoms with E-state index in [0.717, 1.165) is 37.2 Å². The van der Waals surface area contributed by atoms with Crippen LogP contribution in [0.4, 0.5) is 4.39 Å². The number of hydrogen-bond acceptors (Lipinski definition) is 3. The molecule has 2 heterocycles. The Morgan fingerprint density at radius 3 is 2.54 bits per heavy atom. The zero-order valence-electron chi connectivity index (χ0n) is 13.8. The summed E-state index contributed by atoms with van der Waals surface area (Å²) in [5, 5.41) is 0.542. The van der Waals surface area contributed by atoms with Crippen LogP contribution in [-0.4, -0.2) is 39.1 Å². The largest absolute Gasteiger partial charge is 0.342 e. The molecule has 128 valence electrons. The van der Waals surface area contributed by atoms with Gasteiger partial charge in [0.2, 0.25) is 5.91 Å². The Bertz CT molecular complexity index is 678. The number of halogens is 1. The number of rotatable bonds is 4. The van der Waals surface area contributed by atoms with Gasteiger partial charge in [0.1, 0.15) is 5.82 Å². The fraction of sp³-hybridized carbons (Fsp3) is 0.444. The van der Waals surface area contributed by atoms with E-state index in [1.54, 1.807) is 18.3 Å². The van der Waals surface area contributed by atoms with Gasteiger partial charge < -0.3 is 9.88 Å². The number of aromatic amines is 1. The van der Waals surface area contributed by atoms with Gasteiger partial charge in [-0.3, -0.25) is 4.79 Å². The Morgan fingerprint density at radius 2 is 1.88 bits per heavy atom. The van der Waals surface area contributed by atoms with Crippen LogP contribution in [0, 0.1) is 5.82 Å².